The molecule has 8 nitrogen and oxygen atoms in total. The molecular formula is C14H27O8P. The van der Waals surface area contributed by atoms with E-state index in [0.29, 0.717) is 51.4 Å². The SMILES string of the molecule is COC(=O)CCCCCOP(=O)(O)OCCCCCC(=O)OC. The van der Waals surface area contributed by atoms with Gasteiger partial charge in [-0.2, -0.15) is 0 Å². The predicted molar refractivity (Wildman–Crippen MR) is 82.7 cm³/mol. The van der Waals surface area contributed by atoms with Crippen LogP contribution in [0.15, 0.2) is 0 Å². The predicted octanol–water partition coefficient (Wildman–Crippen LogP) is 2.59. The van der Waals surface area contributed by atoms with Gasteiger partial charge in [-0.1, -0.05) is 12.8 Å². The molecule has 0 saturated heterocycles. The molecule has 0 amide bonds. The van der Waals surface area contributed by atoms with Gasteiger partial charge in [0.2, 0.25) is 0 Å². The number of unbranched alkanes of at least 4 members (excludes halogenated alkanes) is 4. The van der Waals surface area contributed by atoms with Gasteiger partial charge in [-0.3, -0.25) is 18.6 Å². The van der Waals surface area contributed by atoms with Crippen molar-refractivity contribution < 1.29 is 37.6 Å². The molecule has 0 spiro atoms. The van der Waals surface area contributed by atoms with E-state index in [1.165, 1.54) is 14.2 Å². The number of carbonyl (C=O) groups is 2. The van der Waals surface area contributed by atoms with Gasteiger partial charge in [0.1, 0.15) is 0 Å². The number of phosphoric acid groups is 1. The van der Waals surface area contributed by atoms with Gasteiger partial charge < -0.3 is 14.4 Å². The monoisotopic (exact) mass is 354 g/mol. The molecule has 136 valence electrons. The first-order chi connectivity index (χ1) is 10.9. The molecule has 0 rings (SSSR count). The quantitative estimate of drug-likeness (QED) is 0.288. The van der Waals surface area contributed by atoms with Crippen molar-refractivity contribution in [2.45, 2.75) is 51.4 Å². The second-order valence-corrected chi connectivity index (χ2v) is 6.36. The van der Waals surface area contributed by atoms with Crippen LogP contribution in [0.2, 0.25) is 0 Å². The molecule has 0 aromatic carbocycles. The fourth-order valence-corrected chi connectivity index (χ4v) is 2.49. The molecule has 0 aliphatic rings. The third-order valence-corrected chi connectivity index (χ3v) is 4.03. The van der Waals surface area contributed by atoms with Crippen LogP contribution in [0.1, 0.15) is 51.4 Å². The minimum atomic E-state index is -4.02. The Balaban J connectivity index is 3.52. The number of rotatable bonds is 14. The summed E-state index contributed by atoms with van der Waals surface area (Å²) in [5.41, 5.74) is 0. The van der Waals surface area contributed by atoms with Crippen molar-refractivity contribution >= 4 is 19.8 Å². The summed E-state index contributed by atoms with van der Waals surface area (Å²) >= 11 is 0. The Hall–Kier alpha value is -0.950. The number of ether oxygens (including phenoxy) is 2. The zero-order chi connectivity index (χ0) is 17.6. The van der Waals surface area contributed by atoms with Crippen LogP contribution in [0.4, 0.5) is 0 Å². The highest BCUT2D eigenvalue weighted by atomic mass is 31.2. The van der Waals surface area contributed by atoms with Crippen molar-refractivity contribution in [2.24, 2.45) is 0 Å². The Labute approximate surface area is 137 Å². The van der Waals surface area contributed by atoms with E-state index in [9.17, 15) is 19.0 Å². The molecule has 1 N–H and O–H groups in total. The summed E-state index contributed by atoms with van der Waals surface area (Å²) in [4.78, 5) is 31.2. The lowest BCUT2D eigenvalue weighted by Gasteiger charge is -2.12. The Morgan fingerprint density at radius 2 is 1.17 bits per heavy atom. The van der Waals surface area contributed by atoms with Crippen molar-refractivity contribution in [3.8, 4) is 0 Å². The average molecular weight is 354 g/mol. The van der Waals surface area contributed by atoms with Crippen LogP contribution < -0.4 is 0 Å². The van der Waals surface area contributed by atoms with Crippen molar-refractivity contribution in [1.82, 2.24) is 0 Å². The molecule has 0 aliphatic carbocycles. The van der Waals surface area contributed by atoms with E-state index in [1.807, 2.05) is 0 Å². The Kier molecular flexibility index (Phi) is 12.9. The third-order valence-electron chi connectivity index (χ3n) is 3.01. The number of methoxy groups -OCH3 is 2. The van der Waals surface area contributed by atoms with Crippen LogP contribution in [0, 0.1) is 0 Å². The van der Waals surface area contributed by atoms with Crippen LogP contribution >= 0.6 is 7.82 Å². The maximum atomic E-state index is 11.6. The molecule has 0 aliphatic heterocycles. The topological polar surface area (TPSA) is 108 Å². The van der Waals surface area contributed by atoms with Crippen LogP contribution in [-0.4, -0.2) is 44.3 Å². The van der Waals surface area contributed by atoms with Gasteiger partial charge in [0.05, 0.1) is 27.4 Å². The lowest BCUT2D eigenvalue weighted by molar-refractivity contribution is -0.141. The van der Waals surface area contributed by atoms with Crippen molar-refractivity contribution in [3.05, 3.63) is 0 Å². The summed E-state index contributed by atoms with van der Waals surface area (Å²) in [7, 11) is -1.36. The van der Waals surface area contributed by atoms with E-state index >= 15 is 0 Å². The molecule has 23 heavy (non-hydrogen) atoms. The number of hydrogen-bond donors (Lipinski definition) is 1. The summed E-state index contributed by atoms with van der Waals surface area (Å²) < 4.78 is 30.2. The van der Waals surface area contributed by atoms with Crippen LogP contribution in [0.25, 0.3) is 0 Å². The Morgan fingerprint density at radius 1 is 0.783 bits per heavy atom. The van der Waals surface area contributed by atoms with Crippen molar-refractivity contribution in [3.63, 3.8) is 0 Å². The van der Waals surface area contributed by atoms with Gasteiger partial charge in [-0.25, -0.2) is 4.57 Å². The number of phosphoric ester groups is 1. The molecule has 0 aromatic heterocycles. The zero-order valence-corrected chi connectivity index (χ0v) is 14.7. The first kappa shape index (κ1) is 22.1. The highest BCUT2D eigenvalue weighted by molar-refractivity contribution is 7.47. The molecule has 0 aromatic rings. The van der Waals surface area contributed by atoms with E-state index < -0.39 is 7.82 Å². The number of hydrogen-bond acceptors (Lipinski definition) is 7. The van der Waals surface area contributed by atoms with Gasteiger partial charge in [0, 0.05) is 12.8 Å². The molecular weight excluding hydrogens is 327 g/mol. The molecule has 9 heteroatoms. The molecule has 0 heterocycles. The van der Waals surface area contributed by atoms with E-state index in [0.717, 1.165) is 0 Å². The summed E-state index contributed by atoms with van der Waals surface area (Å²) in [6, 6.07) is 0. The summed E-state index contributed by atoms with van der Waals surface area (Å²) in [6.45, 7) is 0.189. The lowest BCUT2D eigenvalue weighted by Crippen LogP contribution is -2.02. The van der Waals surface area contributed by atoms with Crippen LogP contribution in [0.5, 0.6) is 0 Å². The van der Waals surface area contributed by atoms with Crippen LogP contribution in [-0.2, 0) is 32.7 Å². The standard InChI is InChI=1S/C14H27O8P/c1-19-13(15)9-5-3-7-11-21-23(17,18)22-12-8-4-6-10-14(16)20-2/h3-12H2,1-2H3,(H,17,18). The summed E-state index contributed by atoms with van der Waals surface area (Å²) in [6.07, 6.45) is 4.46. The van der Waals surface area contributed by atoms with Gasteiger partial charge in [0.15, 0.2) is 0 Å². The highest BCUT2D eigenvalue weighted by Gasteiger charge is 2.20. The van der Waals surface area contributed by atoms with Crippen molar-refractivity contribution in [2.75, 3.05) is 27.4 Å². The fraction of sp³-hybridized carbons (Fsp3) is 0.857. The first-order valence-electron chi connectivity index (χ1n) is 7.67. The zero-order valence-electron chi connectivity index (χ0n) is 13.8. The Morgan fingerprint density at radius 3 is 1.52 bits per heavy atom. The molecule has 0 fully saturated rings. The van der Waals surface area contributed by atoms with E-state index in [1.54, 1.807) is 0 Å². The first-order valence-corrected chi connectivity index (χ1v) is 9.16. The smallest absolute Gasteiger partial charge is 0.469 e. The van der Waals surface area contributed by atoms with E-state index in [2.05, 4.69) is 9.47 Å². The van der Waals surface area contributed by atoms with Crippen molar-refractivity contribution in [1.29, 1.82) is 0 Å². The van der Waals surface area contributed by atoms with E-state index in [4.69, 9.17) is 9.05 Å². The molecule has 0 atom stereocenters. The fourth-order valence-electron chi connectivity index (χ4n) is 1.70. The van der Waals surface area contributed by atoms with Gasteiger partial charge >= 0.3 is 19.8 Å². The van der Waals surface area contributed by atoms with Crippen LogP contribution in [0.3, 0.4) is 0 Å². The second kappa shape index (κ2) is 13.5. The maximum Gasteiger partial charge on any atom is 0.472 e. The maximum absolute atomic E-state index is 11.6. The third kappa shape index (κ3) is 14.4. The molecule has 0 radical (unpaired) electrons. The molecule has 0 unspecified atom stereocenters. The molecule has 0 saturated carbocycles. The minimum Gasteiger partial charge on any atom is -0.469 e. The van der Waals surface area contributed by atoms with Gasteiger partial charge in [0.25, 0.3) is 0 Å². The lowest BCUT2D eigenvalue weighted by atomic mass is 10.2. The average Bonchev–Trinajstić information content (AvgIpc) is 2.53. The highest BCUT2D eigenvalue weighted by Crippen LogP contribution is 2.43. The van der Waals surface area contributed by atoms with Gasteiger partial charge in [-0.05, 0) is 25.7 Å². The summed E-state index contributed by atoms with van der Waals surface area (Å²) in [5, 5.41) is 0. The number of carbonyl (C=O) groups excluding carboxylic acids is 2. The largest absolute Gasteiger partial charge is 0.472 e. The Bertz CT molecular complexity index is 353. The molecule has 0 bridgehead atoms. The van der Waals surface area contributed by atoms with Gasteiger partial charge in [-0.15, -0.1) is 0 Å². The normalized spacial score (nSPS) is 11.3. The number of esters is 2. The van der Waals surface area contributed by atoms with E-state index in [-0.39, 0.29) is 25.2 Å². The summed E-state index contributed by atoms with van der Waals surface area (Å²) in [5.74, 6) is -0.538. The second-order valence-electron chi connectivity index (χ2n) is 4.91. The minimum absolute atomic E-state index is 0.0945.